The summed E-state index contributed by atoms with van der Waals surface area (Å²) in [4.78, 5) is 13.1. The van der Waals surface area contributed by atoms with Crippen LogP contribution in [0.1, 0.15) is 271 Å². The van der Waals surface area contributed by atoms with Gasteiger partial charge in [-0.25, -0.2) is 0 Å². The fourth-order valence-electron chi connectivity index (χ4n) is 9.33. The smallest absolute Gasteiger partial charge is 0.249 e. The van der Waals surface area contributed by atoms with Gasteiger partial charge in [0.05, 0.1) is 25.4 Å². The second kappa shape index (κ2) is 44.3. The van der Waals surface area contributed by atoms with E-state index in [1.54, 1.807) is 0 Å². The normalized spacial score (nSPS) is 20.8. The standard InChI is InChI=1S/C54H107NO10/c1-3-5-7-9-11-13-15-16-17-18-19-20-21-22-23-24-25-26-27-28-29-30-31-32-34-35-37-39-41-46(57)49(59)45(44-64-54-52(62)51(61)50(60)48(43-56)65-54)55-53(63)47(58)42-40-38-36-33-14-12-10-8-6-4-2/h45-52,54,56-62H,3-44H2,1-2H3,(H,55,63). The summed E-state index contributed by atoms with van der Waals surface area (Å²) in [5, 5.41) is 75.8. The third-order valence-electron chi connectivity index (χ3n) is 13.9. The molecular weight excluding hydrogens is 823 g/mol. The second-order valence-electron chi connectivity index (χ2n) is 20.0. The van der Waals surface area contributed by atoms with E-state index in [0.29, 0.717) is 19.3 Å². The highest BCUT2D eigenvalue weighted by atomic mass is 16.7. The fourth-order valence-corrected chi connectivity index (χ4v) is 9.33. The van der Waals surface area contributed by atoms with Crippen LogP contribution in [0.2, 0.25) is 0 Å². The van der Waals surface area contributed by atoms with Crippen molar-refractivity contribution >= 4 is 5.91 Å². The van der Waals surface area contributed by atoms with Gasteiger partial charge < -0.3 is 50.5 Å². The van der Waals surface area contributed by atoms with E-state index in [9.17, 15) is 40.5 Å². The SMILES string of the molecule is CCCCCCCCCCCCCCCCCCCCCCCCCCCCCCC(O)C(O)C(COC1OC(CO)C(O)C(O)C1O)NC(=O)C(O)CCCCCCCCCCCC. The Kier molecular flexibility index (Phi) is 42.4. The molecule has 9 atom stereocenters. The van der Waals surface area contributed by atoms with E-state index < -0.39 is 74.2 Å². The summed E-state index contributed by atoms with van der Waals surface area (Å²) >= 11 is 0. The average molecular weight is 930 g/mol. The molecule has 0 aromatic carbocycles. The molecule has 388 valence electrons. The minimum atomic E-state index is -1.66. The number of ether oxygens (including phenoxy) is 2. The molecule has 0 saturated carbocycles. The maximum atomic E-state index is 13.1. The molecule has 0 aromatic rings. The topological polar surface area (TPSA) is 189 Å². The van der Waals surface area contributed by atoms with Crippen molar-refractivity contribution in [2.45, 2.75) is 326 Å². The molecular formula is C54H107NO10. The van der Waals surface area contributed by atoms with E-state index in [1.165, 1.54) is 193 Å². The predicted molar refractivity (Wildman–Crippen MR) is 266 cm³/mol. The molecule has 11 heteroatoms. The number of carbonyl (C=O) groups is 1. The Labute approximate surface area is 399 Å². The molecule has 1 amide bonds. The van der Waals surface area contributed by atoms with Gasteiger partial charge in [-0.15, -0.1) is 0 Å². The molecule has 0 aromatic heterocycles. The van der Waals surface area contributed by atoms with Crippen molar-refractivity contribution in [2.24, 2.45) is 0 Å². The van der Waals surface area contributed by atoms with Gasteiger partial charge in [0, 0.05) is 0 Å². The molecule has 0 aliphatic carbocycles. The summed E-state index contributed by atoms with van der Waals surface area (Å²) in [5.74, 6) is -0.694. The van der Waals surface area contributed by atoms with Gasteiger partial charge in [0.25, 0.3) is 0 Å². The summed E-state index contributed by atoms with van der Waals surface area (Å²) in [5.41, 5.74) is 0. The van der Waals surface area contributed by atoms with E-state index in [4.69, 9.17) is 9.47 Å². The highest BCUT2D eigenvalue weighted by Crippen LogP contribution is 2.23. The van der Waals surface area contributed by atoms with Crippen LogP contribution in [0, 0.1) is 0 Å². The highest BCUT2D eigenvalue weighted by Gasteiger charge is 2.44. The lowest BCUT2D eigenvalue weighted by Gasteiger charge is -2.40. The van der Waals surface area contributed by atoms with Crippen LogP contribution < -0.4 is 5.32 Å². The van der Waals surface area contributed by atoms with Gasteiger partial charge >= 0.3 is 0 Å². The Morgan fingerprint density at radius 2 is 0.800 bits per heavy atom. The molecule has 8 N–H and O–H groups in total. The molecule has 9 unspecified atom stereocenters. The molecule has 1 rings (SSSR count). The largest absolute Gasteiger partial charge is 0.394 e. The third-order valence-corrected chi connectivity index (χ3v) is 13.9. The van der Waals surface area contributed by atoms with Crippen molar-refractivity contribution in [2.75, 3.05) is 13.2 Å². The zero-order chi connectivity index (χ0) is 47.6. The number of carbonyl (C=O) groups excluding carboxylic acids is 1. The number of nitrogens with one attached hydrogen (secondary N) is 1. The van der Waals surface area contributed by atoms with E-state index in [1.807, 2.05) is 0 Å². The van der Waals surface area contributed by atoms with E-state index in [0.717, 1.165) is 38.5 Å². The summed E-state index contributed by atoms with van der Waals surface area (Å²) < 4.78 is 11.1. The van der Waals surface area contributed by atoms with Crippen molar-refractivity contribution in [3.05, 3.63) is 0 Å². The molecule has 1 heterocycles. The third kappa shape index (κ3) is 33.3. The number of aliphatic hydroxyl groups is 7. The first-order chi connectivity index (χ1) is 31.7. The molecule has 1 aliphatic heterocycles. The van der Waals surface area contributed by atoms with Gasteiger partial charge in [0.15, 0.2) is 6.29 Å². The first-order valence-corrected chi connectivity index (χ1v) is 27.9. The quantitative estimate of drug-likeness (QED) is 0.0273. The maximum Gasteiger partial charge on any atom is 0.249 e. The average Bonchev–Trinajstić information content (AvgIpc) is 3.31. The van der Waals surface area contributed by atoms with Gasteiger partial charge in [-0.1, -0.05) is 258 Å². The molecule has 11 nitrogen and oxygen atoms in total. The minimum absolute atomic E-state index is 0.265. The molecule has 0 radical (unpaired) electrons. The van der Waals surface area contributed by atoms with Crippen LogP contribution in [-0.2, 0) is 14.3 Å². The van der Waals surface area contributed by atoms with Gasteiger partial charge in [-0.2, -0.15) is 0 Å². The first-order valence-electron chi connectivity index (χ1n) is 27.9. The van der Waals surface area contributed by atoms with Crippen molar-refractivity contribution in [1.82, 2.24) is 5.32 Å². The Morgan fingerprint density at radius 1 is 0.477 bits per heavy atom. The minimum Gasteiger partial charge on any atom is -0.394 e. The van der Waals surface area contributed by atoms with Crippen LogP contribution in [-0.4, -0.2) is 110 Å². The number of unbranched alkanes of at least 4 members (excludes halogenated alkanes) is 36. The van der Waals surface area contributed by atoms with Crippen molar-refractivity contribution < 1.29 is 50.0 Å². The number of hydrogen-bond donors (Lipinski definition) is 8. The number of rotatable bonds is 48. The van der Waals surface area contributed by atoms with Gasteiger partial charge in [0.1, 0.15) is 36.6 Å². The maximum absolute atomic E-state index is 13.1. The second-order valence-corrected chi connectivity index (χ2v) is 20.0. The molecule has 1 fully saturated rings. The number of aliphatic hydroxyl groups excluding tert-OH is 7. The Balaban J connectivity index is 2.22. The van der Waals surface area contributed by atoms with E-state index in [2.05, 4.69) is 19.2 Å². The zero-order valence-corrected chi connectivity index (χ0v) is 42.2. The first kappa shape index (κ1) is 62.1. The number of hydrogen-bond acceptors (Lipinski definition) is 10. The van der Waals surface area contributed by atoms with Crippen molar-refractivity contribution in [1.29, 1.82) is 0 Å². The number of amides is 1. The Bertz CT molecular complexity index is 1020. The van der Waals surface area contributed by atoms with Gasteiger partial charge in [-0.3, -0.25) is 4.79 Å². The Hall–Kier alpha value is -0.890. The lowest BCUT2D eigenvalue weighted by molar-refractivity contribution is -0.303. The zero-order valence-electron chi connectivity index (χ0n) is 42.2. The molecule has 0 spiro atoms. The fraction of sp³-hybridized carbons (Fsp3) is 0.981. The van der Waals surface area contributed by atoms with Crippen molar-refractivity contribution in [3.63, 3.8) is 0 Å². The van der Waals surface area contributed by atoms with Crippen LogP contribution in [0.4, 0.5) is 0 Å². The van der Waals surface area contributed by atoms with Crippen LogP contribution in [0.15, 0.2) is 0 Å². The van der Waals surface area contributed by atoms with Crippen LogP contribution >= 0.6 is 0 Å². The van der Waals surface area contributed by atoms with Crippen LogP contribution in [0.5, 0.6) is 0 Å². The van der Waals surface area contributed by atoms with Crippen molar-refractivity contribution in [3.8, 4) is 0 Å². The van der Waals surface area contributed by atoms with Gasteiger partial charge in [0.2, 0.25) is 5.91 Å². The highest BCUT2D eigenvalue weighted by molar-refractivity contribution is 5.80. The molecule has 65 heavy (non-hydrogen) atoms. The van der Waals surface area contributed by atoms with E-state index >= 15 is 0 Å². The molecule has 0 bridgehead atoms. The van der Waals surface area contributed by atoms with E-state index in [-0.39, 0.29) is 6.42 Å². The Morgan fingerprint density at radius 3 is 1.14 bits per heavy atom. The lowest BCUT2D eigenvalue weighted by Crippen LogP contribution is -2.60. The molecule has 1 aliphatic rings. The summed E-state index contributed by atoms with van der Waals surface area (Å²) in [7, 11) is 0. The molecule has 1 saturated heterocycles. The lowest BCUT2D eigenvalue weighted by atomic mass is 9.98. The van der Waals surface area contributed by atoms with Gasteiger partial charge in [-0.05, 0) is 12.8 Å². The monoisotopic (exact) mass is 930 g/mol. The van der Waals surface area contributed by atoms with Crippen LogP contribution in [0.25, 0.3) is 0 Å². The summed E-state index contributed by atoms with van der Waals surface area (Å²) in [6.07, 6.45) is 37.5. The predicted octanol–water partition coefficient (Wildman–Crippen LogP) is 11.0. The van der Waals surface area contributed by atoms with Crippen LogP contribution in [0.3, 0.4) is 0 Å². The summed E-state index contributed by atoms with van der Waals surface area (Å²) in [6.45, 7) is 3.45. The summed E-state index contributed by atoms with van der Waals surface area (Å²) in [6, 6.07) is -1.16.